The highest BCUT2D eigenvalue weighted by molar-refractivity contribution is 7.89. The molecule has 1 N–H and O–H groups in total. The van der Waals surface area contributed by atoms with Crippen LogP contribution in [0.5, 0.6) is 17.2 Å². The maximum Gasteiger partial charge on any atom is 0.276 e. The summed E-state index contributed by atoms with van der Waals surface area (Å²) in [5.74, 6) is 1.62. The lowest BCUT2D eigenvalue weighted by molar-refractivity contribution is 0.174. The highest BCUT2D eigenvalue weighted by Gasteiger charge is 2.16. The Morgan fingerprint density at radius 2 is 1.88 bits per heavy atom. The van der Waals surface area contributed by atoms with Gasteiger partial charge in [0.1, 0.15) is 5.75 Å². The largest absolute Gasteiger partial charge is 0.497 e. The molecule has 24 heavy (non-hydrogen) atoms. The highest BCUT2D eigenvalue weighted by Crippen LogP contribution is 2.36. The molecule has 0 unspecified atom stereocenters. The molecule has 1 aliphatic rings. The molecule has 0 saturated carbocycles. The summed E-state index contributed by atoms with van der Waals surface area (Å²) in [6.45, 7) is 0.121. The number of halogens is 1. The Balaban J connectivity index is 1.75. The average Bonchev–Trinajstić information content (AvgIpc) is 3.02. The molecule has 0 aromatic heterocycles. The van der Waals surface area contributed by atoms with Crippen LogP contribution in [0.2, 0.25) is 5.02 Å². The van der Waals surface area contributed by atoms with Gasteiger partial charge in [0.15, 0.2) is 11.5 Å². The Bertz CT molecular complexity index is 881. The Morgan fingerprint density at radius 3 is 2.54 bits per heavy atom. The van der Waals surface area contributed by atoms with Gasteiger partial charge in [0.2, 0.25) is 6.79 Å². The van der Waals surface area contributed by atoms with Crippen LogP contribution in [0, 0.1) is 0 Å². The smallest absolute Gasteiger partial charge is 0.276 e. The van der Waals surface area contributed by atoms with Crippen molar-refractivity contribution in [3.05, 3.63) is 47.0 Å². The summed E-state index contributed by atoms with van der Waals surface area (Å²) in [6, 6.07) is 9.15. The first kappa shape index (κ1) is 16.4. The van der Waals surface area contributed by atoms with Gasteiger partial charge in [-0.1, -0.05) is 11.6 Å². The summed E-state index contributed by atoms with van der Waals surface area (Å²) in [7, 11) is -2.28. The fraction of sp³-hybridized carbons (Fsp3) is 0.133. The Hall–Kier alpha value is -2.45. The first-order chi connectivity index (χ1) is 11.5. The molecular formula is C15H13ClN2O5S. The number of hydrazone groups is 1. The zero-order chi connectivity index (χ0) is 17.2. The number of methoxy groups -OCH3 is 1. The summed E-state index contributed by atoms with van der Waals surface area (Å²) >= 11 is 6.09. The van der Waals surface area contributed by atoms with Gasteiger partial charge in [-0.05, 0) is 30.3 Å². The van der Waals surface area contributed by atoms with Crippen molar-refractivity contribution in [1.82, 2.24) is 4.83 Å². The van der Waals surface area contributed by atoms with Gasteiger partial charge in [-0.25, -0.2) is 4.83 Å². The summed E-state index contributed by atoms with van der Waals surface area (Å²) in [5, 5.41) is 4.11. The van der Waals surface area contributed by atoms with Crippen molar-refractivity contribution in [3.8, 4) is 17.2 Å². The second-order valence-corrected chi connectivity index (χ2v) is 6.82. The molecule has 0 aliphatic carbocycles. The van der Waals surface area contributed by atoms with Gasteiger partial charge in [-0.3, -0.25) is 0 Å². The molecule has 0 atom stereocenters. The molecule has 7 nitrogen and oxygen atoms in total. The molecule has 0 spiro atoms. The standard InChI is InChI=1S/C15H13ClN2O5S/c1-21-11-2-4-12(5-3-11)24(19,20)18-17-8-10-6-14-15(7-13(10)16)23-9-22-14/h2-8,18H,9H2,1H3/b17-8-. The number of ether oxygens (including phenoxy) is 3. The van der Waals surface area contributed by atoms with E-state index in [9.17, 15) is 8.42 Å². The third kappa shape index (κ3) is 3.39. The number of hydrogen-bond acceptors (Lipinski definition) is 6. The normalized spacial score (nSPS) is 13.2. The van der Waals surface area contributed by atoms with Crippen molar-refractivity contribution in [2.24, 2.45) is 5.10 Å². The van der Waals surface area contributed by atoms with Crippen LogP contribution in [0.4, 0.5) is 0 Å². The van der Waals surface area contributed by atoms with E-state index in [1.54, 1.807) is 24.3 Å². The molecule has 126 valence electrons. The van der Waals surface area contributed by atoms with E-state index < -0.39 is 10.0 Å². The zero-order valence-electron chi connectivity index (χ0n) is 12.5. The first-order valence-electron chi connectivity index (χ1n) is 6.78. The van der Waals surface area contributed by atoms with Crippen LogP contribution in [-0.2, 0) is 10.0 Å². The molecule has 1 aliphatic heterocycles. The van der Waals surface area contributed by atoms with Crippen molar-refractivity contribution in [2.75, 3.05) is 13.9 Å². The number of rotatable bonds is 5. The lowest BCUT2D eigenvalue weighted by Gasteiger charge is -2.05. The van der Waals surface area contributed by atoms with Crippen LogP contribution in [0.15, 0.2) is 46.4 Å². The van der Waals surface area contributed by atoms with Crippen molar-refractivity contribution in [2.45, 2.75) is 4.90 Å². The fourth-order valence-electron chi connectivity index (χ4n) is 2.00. The molecule has 0 radical (unpaired) electrons. The minimum absolute atomic E-state index is 0.0669. The van der Waals surface area contributed by atoms with Crippen LogP contribution in [0.1, 0.15) is 5.56 Å². The van der Waals surface area contributed by atoms with Crippen molar-refractivity contribution in [3.63, 3.8) is 0 Å². The topological polar surface area (TPSA) is 86.2 Å². The summed E-state index contributed by atoms with van der Waals surface area (Å²) in [6.07, 6.45) is 1.30. The Morgan fingerprint density at radius 1 is 1.21 bits per heavy atom. The molecule has 1 heterocycles. The van der Waals surface area contributed by atoms with E-state index in [-0.39, 0.29) is 11.7 Å². The van der Waals surface area contributed by atoms with E-state index in [1.165, 1.54) is 25.5 Å². The average molecular weight is 369 g/mol. The van der Waals surface area contributed by atoms with Crippen LogP contribution in [0.25, 0.3) is 0 Å². The van der Waals surface area contributed by atoms with Gasteiger partial charge >= 0.3 is 0 Å². The predicted molar refractivity (Wildman–Crippen MR) is 88.5 cm³/mol. The van der Waals surface area contributed by atoms with E-state index >= 15 is 0 Å². The second-order valence-electron chi connectivity index (χ2n) is 4.76. The van der Waals surface area contributed by atoms with Gasteiger partial charge in [-0.15, -0.1) is 0 Å². The monoisotopic (exact) mass is 368 g/mol. The van der Waals surface area contributed by atoms with Gasteiger partial charge in [0.05, 0.1) is 23.2 Å². The number of fused-ring (bicyclic) bond motifs is 1. The quantitative estimate of drug-likeness (QED) is 0.647. The fourth-order valence-corrected chi connectivity index (χ4v) is 3.00. The number of benzene rings is 2. The van der Waals surface area contributed by atoms with Crippen LogP contribution < -0.4 is 19.0 Å². The van der Waals surface area contributed by atoms with E-state index in [1.807, 2.05) is 0 Å². The summed E-state index contributed by atoms with van der Waals surface area (Å²) in [4.78, 5) is 2.19. The van der Waals surface area contributed by atoms with Gasteiger partial charge in [0, 0.05) is 11.6 Å². The van der Waals surface area contributed by atoms with E-state index in [0.29, 0.717) is 27.8 Å². The van der Waals surface area contributed by atoms with Crippen molar-refractivity contribution >= 4 is 27.8 Å². The zero-order valence-corrected chi connectivity index (χ0v) is 14.1. The van der Waals surface area contributed by atoms with Gasteiger partial charge < -0.3 is 14.2 Å². The van der Waals surface area contributed by atoms with Gasteiger partial charge in [0.25, 0.3) is 10.0 Å². The molecule has 2 aromatic carbocycles. The third-order valence-corrected chi connectivity index (χ3v) is 4.80. The molecule has 0 saturated heterocycles. The number of sulfonamides is 1. The summed E-state index contributed by atoms with van der Waals surface area (Å²) in [5.41, 5.74) is 0.498. The molecular weight excluding hydrogens is 356 g/mol. The molecule has 3 rings (SSSR count). The molecule has 9 heteroatoms. The maximum atomic E-state index is 12.2. The van der Waals surface area contributed by atoms with Crippen molar-refractivity contribution < 1.29 is 22.6 Å². The van der Waals surface area contributed by atoms with Crippen LogP contribution in [0.3, 0.4) is 0 Å². The second kappa shape index (κ2) is 6.58. The molecule has 0 amide bonds. The number of nitrogens with zero attached hydrogens (tertiary/aromatic N) is 1. The first-order valence-corrected chi connectivity index (χ1v) is 8.64. The number of nitrogens with one attached hydrogen (secondary N) is 1. The number of hydrogen-bond donors (Lipinski definition) is 1. The minimum Gasteiger partial charge on any atom is -0.497 e. The Kier molecular flexibility index (Phi) is 4.50. The highest BCUT2D eigenvalue weighted by atomic mass is 35.5. The third-order valence-electron chi connectivity index (χ3n) is 3.24. The molecule has 0 bridgehead atoms. The van der Waals surface area contributed by atoms with Crippen LogP contribution >= 0.6 is 11.6 Å². The van der Waals surface area contributed by atoms with E-state index in [0.717, 1.165) is 0 Å². The SMILES string of the molecule is COc1ccc(S(=O)(=O)N/N=C\c2cc3c(cc2Cl)OCO3)cc1. The minimum atomic E-state index is -3.78. The maximum absolute atomic E-state index is 12.2. The predicted octanol–water partition coefficient (Wildman–Crippen LogP) is 2.39. The van der Waals surface area contributed by atoms with Crippen molar-refractivity contribution in [1.29, 1.82) is 0 Å². The molecule has 0 fully saturated rings. The van der Waals surface area contributed by atoms with Crippen LogP contribution in [-0.4, -0.2) is 28.5 Å². The van der Waals surface area contributed by atoms with Gasteiger partial charge in [-0.2, -0.15) is 13.5 Å². The van der Waals surface area contributed by atoms with E-state index in [2.05, 4.69) is 9.93 Å². The lowest BCUT2D eigenvalue weighted by atomic mass is 10.2. The lowest BCUT2D eigenvalue weighted by Crippen LogP contribution is -2.18. The Labute approximate surface area is 143 Å². The van der Waals surface area contributed by atoms with E-state index in [4.69, 9.17) is 25.8 Å². The summed E-state index contributed by atoms with van der Waals surface area (Å²) < 4.78 is 39.7. The molecule has 2 aromatic rings.